The molecule has 3 rings (SSSR count). The van der Waals surface area contributed by atoms with Crippen molar-refractivity contribution in [3.63, 3.8) is 0 Å². The minimum Gasteiger partial charge on any atom is -0.337 e. The number of hydrogen-bond donors (Lipinski definition) is 1. The van der Waals surface area contributed by atoms with Gasteiger partial charge in [-0.05, 0) is 50.2 Å². The van der Waals surface area contributed by atoms with Crippen molar-refractivity contribution in [3.8, 4) is 0 Å². The Kier molecular flexibility index (Phi) is 4.77. The average molecular weight is 315 g/mol. The van der Waals surface area contributed by atoms with Gasteiger partial charge in [0.15, 0.2) is 0 Å². The highest BCUT2D eigenvalue weighted by Gasteiger charge is 2.40. The fourth-order valence-corrected chi connectivity index (χ4v) is 4.52. The van der Waals surface area contributed by atoms with E-state index in [1.165, 1.54) is 23.3 Å². The number of nitrogens with zero attached hydrogens (tertiary/aromatic N) is 1. The van der Waals surface area contributed by atoms with E-state index in [9.17, 15) is 4.79 Å². The van der Waals surface area contributed by atoms with Crippen LogP contribution in [0.15, 0.2) is 6.07 Å². The Morgan fingerprint density at radius 2 is 2.10 bits per heavy atom. The third-order valence-corrected chi connectivity index (χ3v) is 5.96. The minimum absolute atomic E-state index is 0. The van der Waals surface area contributed by atoms with Gasteiger partial charge in [-0.15, -0.1) is 23.7 Å². The second-order valence-corrected chi connectivity index (χ2v) is 7.34. The van der Waals surface area contributed by atoms with Gasteiger partial charge in [-0.3, -0.25) is 4.79 Å². The standard InChI is InChI=1S/C15H22N2OS.ClH/c1-9-6-14(19-10(9)2)15(18)17-7-11-4-3-5-13(16)12(11)8-17;/h6,11-13H,3-5,7-8,16H2,1-2H3;1H. The molecule has 2 heterocycles. The van der Waals surface area contributed by atoms with E-state index in [2.05, 4.69) is 13.8 Å². The number of aryl methyl sites for hydroxylation is 2. The van der Waals surface area contributed by atoms with Crippen molar-refractivity contribution in [2.24, 2.45) is 17.6 Å². The number of thiophene rings is 1. The van der Waals surface area contributed by atoms with Crippen LogP contribution in [0.1, 0.15) is 39.4 Å². The highest BCUT2D eigenvalue weighted by atomic mass is 35.5. The molecule has 0 radical (unpaired) electrons. The number of amides is 1. The Morgan fingerprint density at radius 3 is 2.70 bits per heavy atom. The highest BCUT2D eigenvalue weighted by Crippen LogP contribution is 2.36. The van der Waals surface area contributed by atoms with Crippen LogP contribution in [0.25, 0.3) is 0 Å². The molecule has 1 saturated carbocycles. The largest absolute Gasteiger partial charge is 0.337 e. The SMILES string of the molecule is Cc1cc(C(=O)N2CC3CCCC(N)C3C2)sc1C.Cl. The Morgan fingerprint density at radius 1 is 1.35 bits per heavy atom. The summed E-state index contributed by atoms with van der Waals surface area (Å²) in [5.41, 5.74) is 7.44. The fraction of sp³-hybridized carbons (Fsp3) is 0.667. The molecule has 0 spiro atoms. The lowest BCUT2D eigenvalue weighted by Crippen LogP contribution is -2.38. The zero-order valence-corrected chi connectivity index (χ0v) is 13.7. The van der Waals surface area contributed by atoms with Gasteiger partial charge in [0.05, 0.1) is 4.88 Å². The Labute approximate surface area is 130 Å². The third-order valence-electron chi connectivity index (χ3n) is 4.82. The van der Waals surface area contributed by atoms with Crippen LogP contribution in [0.3, 0.4) is 0 Å². The molecule has 1 amide bonds. The number of fused-ring (bicyclic) bond motifs is 1. The van der Waals surface area contributed by atoms with Gasteiger partial charge < -0.3 is 10.6 Å². The summed E-state index contributed by atoms with van der Waals surface area (Å²) in [5.74, 6) is 1.37. The maximum Gasteiger partial charge on any atom is 0.263 e. The molecule has 1 aromatic rings. The summed E-state index contributed by atoms with van der Waals surface area (Å²) in [4.78, 5) is 16.7. The van der Waals surface area contributed by atoms with Gasteiger partial charge in [0, 0.05) is 24.0 Å². The second-order valence-electron chi connectivity index (χ2n) is 6.08. The molecular formula is C15H23ClN2OS. The van der Waals surface area contributed by atoms with Crippen LogP contribution in [0.2, 0.25) is 0 Å². The van der Waals surface area contributed by atoms with E-state index in [1.54, 1.807) is 11.3 Å². The normalized spacial score (nSPS) is 28.9. The third kappa shape index (κ3) is 2.74. The summed E-state index contributed by atoms with van der Waals surface area (Å²) in [5, 5.41) is 0. The minimum atomic E-state index is 0. The van der Waals surface area contributed by atoms with Crippen LogP contribution in [0.5, 0.6) is 0 Å². The molecule has 20 heavy (non-hydrogen) atoms. The van der Waals surface area contributed by atoms with E-state index in [1.807, 2.05) is 11.0 Å². The molecule has 1 saturated heterocycles. The second kappa shape index (κ2) is 6.04. The van der Waals surface area contributed by atoms with Crippen LogP contribution in [0, 0.1) is 25.7 Å². The molecular weight excluding hydrogens is 292 g/mol. The molecule has 0 bridgehead atoms. The van der Waals surface area contributed by atoms with Gasteiger partial charge in [0.1, 0.15) is 0 Å². The van der Waals surface area contributed by atoms with Gasteiger partial charge >= 0.3 is 0 Å². The predicted molar refractivity (Wildman–Crippen MR) is 85.8 cm³/mol. The molecule has 2 aliphatic rings. The first-order valence-electron chi connectivity index (χ1n) is 7.18. The number of carbonyl (C=O) groups is 1. The molecule has 112 valence electrons. The first kappa shape index (κ1) is 15.8. The van der Waals surface area contributed by atoms with E-state index in [0.717, 1.165) is 24.4 Å². The van der Waals surface area contributed by atoms with Crippen molar-refractivity contribution in [3.05, 3.63) is 21.4 Å². The molecule has 5 heteroatoms. The van der Waals surface area contributed by atoms with Gasteiger partial charge in [-0.25, -0.2) is 0 Å². The van der Waals surface area contributed by atoms with Crippen LogP contribution in [-0.4, -0.2) is 29.9 Å². The maximum atomic E-state index is 12.6. The molecule has 0 aromatic carbocycles. The smallest absolute Gasteiger partial charge is 0.263 e. The van der Waals surface area contributed by atoms with Crippen molar-refractivity contribution >= 4 is 29.7 Å². The number of rotatable bonds is 1. The van der Waals surface area contributed by atoms with Gasteiger partial charge in [-0.2, -0.15) is 0 Å². The van der Waals surface area contributed by atoms with Gasteiger partial charge in [0.2, 0.25) is 0 Å². The molecule has 1 aliphatic heterocycles. The molecule has 3 atom stereocenters. The predicted octanol–water partition coefficient (Wildman–Crippen LogP) is 2.99. The molecule has 1 aliphatic carbocycles. The van der Waals surface area contributed by atoms with Crippen LogP contribution in [0.4, 0.5) is 0 Å². The lowest BCUT2D eigenvalue weighted by Gasteiger charge is -2.29. The number of hydrogen-bond acceptors (Lipinski definition) is 3. The average Bonchev–Trinajstić information content (AvgIpc) is 2.94. The summed E-state index contributed by atoms with van der Waals surface area (Å²) in [7, 11) is 0. The Bertz CT molecular complexity index is 483. The van der Waals surface area contributed by atoms with E-state index in [0.29, 0.717) is 17.9 Å². The lowest BCUT2D eigenvalue weighted by atomic mass is 9.78. The van der Waals surface area contributed by atoms with Crippen molar-refractivity contribution in [1.82, 2.24) is 4.90 Å². The van der Waals surface area contributed by atoms with Crippen LogP contribution in [-0.2, 0) is 0 Å². The number of likely N-dealkylation sites (tertiary alicyclic amines) is 1. The van der Waals surface area contributed by atoms with Crippen molar-refractivity contribution in [1.29, 1.82) is 0 Å². The van der Waals surface area contributed by atoms with E-state index < -0.39 is 0 Å². The number of carbonyl (C=O) groups excluding carboxylic acids is 1. The quantitative estimate of drug-likeness (QED) is 0.866. The summed E-state index contributed by atoms with van der Waals surface area (Å²) >= 11 is 1.62. The monoisotopic (exact) mass is 314 g/mol. The number of halogens is 1. The molecule has 2 fully saturated rings. The van der Waals surface area contributed by atoms with Crippen molar-refractivity contribution in [2.75, 3.05) is 13.1 Å². The summed E-state index contributed by atoms with van der Waals surface area (Å²) in [6, 6.07) is 2.33. The highest BCUT2D eigenvalue weighted by molar-refractivity contribution is 7.14. The first-order valence-corrected chi connectivity index (χ1v) is 8.00. The van der Waals surface area contributed by atoms with Gasteiger partial charge in [-0.1, -0.05) is 6.42 Å². The van der Waals surface area contributed by atoms with Crippen LogP contribution >= 0.6 is 23.7 Å². The van der Waals surface area contributed by atoms with E-state index in [-0.39, 0.29) is 18.3 Å². The fourth-order valence-electron chi connectivity index (χ4n) is 3.52. The summed E-state index contributed by atoms with van der Waals surface area (Å²) in [6.45, 7) is 5.92. The van der Waals surface area contributed by atoms with Gasteiger partial charge in [0.25, 0.3) is 5.91 Å². The van der Waals surface area contributed by atoms with Crippen molar-refractivity contribution in [2.45, 2.75) is 39.2 Å². The molecule has 2 N–H and O–H groups in total. The molecule has 3 unspecified atom stereocenters. The molecule has 1 aromatic heterocycles. The Balaban J connectivity index is 0.00000147. The first-order chi connectivity index (χ1) is 9.06. The number of nitrogens with two attached hydrogens (primary N) is 1. The zero-order valence-electron chi connectivity index (χ0n) is 12.1. The maximum absolute atomic E-state index is 12.6. The lowest BCUT2D eigenvalue weighted by molar-refractivity contribution is 0.0788. The Hall–Kier alpha value is -0.580. The summed E-state index contributed by atoms with van der Waals surface area (Å²) < 4.78 is 0. The summed E-state index contributed by atoms with van der Waals surface area (Å²) in [6.07, 6.45) is 3.59. The van der Waals surface area contributed by atoms with Crippen LogP contribution < -0.4 is 5.73 Å². The zero-order chi connectivity index (χ0) is 13.6. The van der Waals surface area contributed by atoms with E-state index >= 15 is 0 Å². The van der Waals surface area contributed by atoms with Crippen molar-refractivity contribution < 1.29 is 4.79 Å². The topological polar surface area (TPSA) is 46.3 Å². The van der Waals surface area contributed by atoms with E-state index in [4.69, 9.17) is 5.73 Å². The molecule has 3 nitrogen and oxygen atoms in total.